The van der Waals surface area contributed by atoms with Crippen molar-refractivity contribution in [3.8, 4) is 0 Å². The highest BCUT2D eigenvalue weighted by molar-refractivity contribution is 5.90. The van der Waals surface area contributed by atoms with Crippen LogP contribution in [0.25, 0.3) is 0 Å². The Morgan fingerprint density at radius 2 is 1.75 bits per heavy atom. The first-order chi connectivity index (χ1) is 9.13. The summed E-state index contributed by atoms with van der Waals surface area (Å²) < 4.78 is 38.7. The Hall–Kier alpha value is -2.29. The molecule has 0 aliphatic heterocycles. The van der Waals surface area contributed by atoms with Crippen LogP contribution < -0.4 is 10.6 Å². The fourth-order valence-electron chi connectivity index (χ4n) is 1.11. The predicted molar refractivity (Wildman–Crippen MR) is 61.6 cm³/mol. The number of aliphatic hydroxyl groups is 1. The smallest absolute Gasteiger partial charge is 0.337 e. The largest absolute Gasteiger partial charge is 0.479 e. The first kappa shape index (κ1) is 15.8. The summed E-state index contributed by atoms with van der Waals surface area (Å²) in [5.74, 6) is -5.55. The Kier molecular flexibility index (Phi) is 4.56. The van der Waals surface area contributed by atoms with Crippen molar-refractivity contribution in [3.05, 3.63) is 29.6 Å². The highest BCUT2D eigenvalue weighted by atomic mass is 19.2. The van der Waals surface area contributed by atoms with Gasteiger partial charge in [0.1, 0.15) is 5.82 Å². The van der Waals surface area contributed by atoms with E-state index in [1.165, 1.54) is 0 Å². The standard InChI is InChI=1S/C11H11F3N2O4/c1-11(20,9(17)18)4-15-10(19)16-8-3-6(13)5(12)2-7(8)14/h2-3,20H,4H2,1H3,(H,17,18)(H2,15,16,19). The minimum Gasteiger partial charge on any atom is -0.479 e. The van der Waals surface area contributed by atoms with Crippen LogP contribution in [0.1, 0.15) is 6.92 Å². The number of carboxylic acid groups (broad SMARTS) is 1. The number of carboxylic acids is 1. The molecule has 0 aliphatic carbocycles. The van der Waals surface area contributed by atoms with Gasteiger partial charge in [-0.15, -0.1) is 0 Å². The highest BCUT2D eigenvalue weighted by Gasteiger charge is 2.30. The average Bonchev–Trinajstić information content (AvgIpc) is 2.33. The topological polar surface area (TPSA) is 98.7 Å². The fourth-order valence-corrected chi connectivity index (χ4v) is 1.11. The van der Waals surface area contributed by atoms with Gasteiger partial charge in [-0.05, 0) is 6.92 Å². The molecule has 110 valence electrons. The lowest BCUT2D eigenvalue weighted by atomic mass is 10.1. The molecule has 1 rings (SSSR count). The highest BCUT2D eigenvalue weighted by Crippen LogP contribution is 2.18. The Morgan fingerprint density at radius 1 is 1.20 bits per heavy atom. The van der Waals surface area contributed by atoms with Gasteiger partial charge in [0.25, 0.3) is 0 Å². The zero-order valence-corrected chi connectivity index (χ0v) is 10.2. The molecule has 0 heterocycles. The number of rotatable bonds is 4. The molecule has 1 atom stereocenters. The van der Waals surface area contributed by atoms with Crippen molar-refractivity contribution in [2.24, 2.45) is 0 Å². The van der Waals surface area contributed by atoms with Crippen molar-refractivity contribution in [2.75, 3.05) is 11.9 Å². The molecule has 9 heteroatoms. The number of carbonyl (C=O) groups excluding carboxylic acids is 1. The molecule has 0 saturated carbocycles. The number of urea groups is 1. The Morgan fingerprint density at radius 3 is 2.30 bits per heavy atom. The van der Waals surface area contributed by atoms with Crippen molar-refractivity contribution >= 4 is 17.7 Å². The van der Waals surface area contributed by atoms with Gasteiger partial charge in [0, 0.05) is 12.1 Å². The molecule has 6 nitrogen and oxygen atoms in total. The normalized spacial score (nSPS) is 13.4. The third kappa shape index (κ3) is 3.85. The van der Waals surface area contributed by atoms with Crippen LogP contribution in [-0.4, -0.2) is 34.4 Å². The Labute approximate surface area is 111 Å². The summed E-state index contributed by atoms with van der Waals surface area (Å²) in [4.78, 5) is 21.9. The molecule has 20 heavy (non-hydrogen) atoms. The molecule has 0 spiro atoms. The molecule has 4 N–H and O–H groups in total. The van der Waals surface area contributed by atoms with Gasteiger partial charge in [-0.1, -0.05) is 0 Å². The monoisotopic (exact) mass is 292 g/mol. The van der Waals surface area contributed by atoms with E-state index >= 15 is 0 Å². The van der Waals surface area contributed by atoms with Crippen LogP contribution in [0.2, 0.25) is 0 Å². The molecule has 0 saturated heterocycles. The van der Waals surface area contributed by atoms with E-state index in [0.717, 1.165) is 6.92 Å². The lowest BCUT2D eigenvalue weighted by molar-refractivity contribution is -0.155. The van der Waals surface area contributed by atoms with Gasteiger partial charge in [0.05, 0.1) is 12.2 Å². The lowest BCUT2D eigenvalue weighted by Gasteiger charge is -2.18. The molecule has 0 bridgehead atoms. The zero-order chi connectivity index (χ0) is 15.5. The summed E-state index contributed by atoms with van der Waals surface area (Å²) in [6.07, 6.45) is 0. The maximum Gasteiger partial charge on any atom is 0.337 e. The maximum absolute atomic E-state index is 13.2. The van der Waals surface area contributed by atoms with Gasteiger partial charge in [-0.25, -0.2) is 22.8 Å². The zero-order valence-electron chi connectivity index (χ0n) is 10.2. The van der Waals surface area contributed by atoms with E-state index in [0.29, 0.717) is 6.07 Å². The molecular formula is C11H11F3N2O4. The Balaban J connectivity index is 2.68. The van der Waals surface area contributed by atoms with E-state index < -0.39 is 47.3 Å². The van der Waals surface area contributed by atoms with E-state index in [9.17, 15) is 27.9 Å². The van der Waals surface area contributed by atoms with Crippen LogP contribution in [0.15, 0.2) is 12.1 Å². The first-order valence-electron chi connectivity index (χ1n) is 5.28. The minimum absolute atomic E-state index is 0.248. The van der Waals surface area contributed by atoms with Crippen LogP contribution in [0.3, 0.4) is 0 Å². The summed E-state index contributed by atoms with van der Waals surface area (Å²) in [7, 11) is 0. The van der Waals surface area contributed by atoms with Crippen LogP contribution in [0.5, 0.6) is 0 Å². The molecule has 1 unspecified atom stereocenters. The molecule has 1 aromatic rings. The van der Waals surface area contributed by atoms with E-state index in [-0.39, 0.29) is 6.07 Å². The van der Waals surface area contributed by atoms with Gasteiger partial charge in [-0.3, -0.25) is 0 Å². The predicted octanol–water partition coefficient (Wildman–Crippen LogP) is 1.06. The minimum atomic E-state index is -2.22. The average molecular weight is 292 g/mol. The molecule has 0 radical (unpaired) electrons. The first-order valence-corrected chi connectivity index (χ1v) is 5.28. The lowest BCUT2D eigenvalue weighted by Crippen LogP contribution is -2.47. The number of hydrogen-bond donors (Lipinski definition) is 4. The molecule has 0 aromatic heterocycles. The van der Waals surface area contributed by atoms with Crippen LogP contribution in [0, 0.1) is 17.5 Å². The van der Waals surface area contributed by atoms with Crippen molar-refractivity contribution in [1.82, 2.24) is 5.32 Å². The quantitative estimate of drug-likeness (QED) is 0.624. The number of amides is 2. The number of carbonyl (C=O) groups is 2. The molecule has 2 amide bonds. The van der Waals surface area contributed by atoms with Gasteiger partial charge in [0.2, 0.25) is 0 Å². The second kappa shape index (κ2) is 5.78. The summed E-state index contributed by atoms with van der Waals surface area (Å²) in [6.45, 7) is 0.271. The summed E-state index contributed by atoms with van der Waals surface area (Å²) in [5, 5.41) is 21.7. The number of benzene rings is 1. The SMILES string of the molecule is CC(O)(CNC(=O)Nc1cc(F)c(F)cc1F)C(=O)O. The number of halogens is 3. The summed E-state index contributed by atoms with van der Waals surface area (Å²) in [6, 6.07) is -0.408. The van der Waals surface area contributed by atoms with Crippen molar-refractivity contribution in [1.29, 1.82) is 0 Å². The van der Waals surface area contributed by atoms with Crippen LogP contribution in [0.4, 0.5) is 23.7 Å². The van der Waals surface area contributed by atoms with Gasteiger partial charge in [0.15, 0.2) is 17.2 Å². The number of anilines is 1. The van der Waals surface area contributed by atoms with Gasteiger partial charge >= 0.3 is 12.0 Å². The van der Waals surface area contributed by atoms with E-state index in [1.54, 1.807) is 0 Å². The van der Waals surface area contributed by atoms with E-state index in [4.69, 9.17) is 5.11 Å². The van der Waals surface area contributed by atoms with E-state index in [2.05, 4.69) is 0 Å². The van der Waals surface area contributed by atoms with Crippen molar-refractivity contribution in [2.45, 2.75) is 12.5 Å². The molecule has 0 fully saturated rings. The third-order valence-corrected chi connectivity index (χ3v) is 2.31. The Bertz CT molecular complexity index is 549. The molecule has 1 aromatic carbocycles. The second-order valence-electron chi connectivity index (χ2n) is 4.13. The van der Waals surface area contributed by atoms with E-state index in [1.807, 2.05) is 10.6 Å². The van der Waals surface area contributed by atoms with Crippen LogP contribution in [-0.2, 0) is 4.79 Å². The second-order valence-corrected chi connectivity index (χ2v) is 4.13. The van der Waals surface area contributed by atoms with Crippen molar-refractivity contribution < 1.29 is 33.0 Å². The summed E-state index contributed by atoms with van der Waals surface area (Å²) in [5.41, 5.74) is -2.85. The number of hydrogen-bond acceptors (Lipinski definition) is 3. The van der Waals surface area contributed by atoms with Gasteiger partial charge < -0.3 is 20.8 Å². The fraction of sp³-hybridized carbons (Fsp3) is 0.273. The molecular weight excluding hydrogens is 281 g/mol. The van der Waals surface area contributed by atoms with Gasteiger partial charge in [-0.2, -0.15) is 0 Å². The third-order valence-electron chi connectivity index (χ3n) is 2.31. The van der Waals surface area contributed by atoms with Crippen LogP contribution >= 0.6 is 0 Å². The number of nitrogens with one attached hydrogen (secondary N) is 2. The van der Waals surface area contributed by atoms with Crippen molar-refractivity contribution in [3.63, 3.8) is 0 Å². The summed E-state index contributed by atoms with van der Waals surface area (Å²) >= 11 is 0. The number of aliphatic carboxylic acids is 1. The maximum atomic E-state index is 13.2. The molecule has 0 aliphatic rings.